The Morgan fingerprint density at radius 3 is 2.52 bits per heavy atom. The summed E-state index contributed by atoms with van der Waals surface area (Å²) >= 11 is 13.6. The van der Waals surface area contributed by atoms with E-state index in [0.717, 1.165) is 32.5 Å². The van der Waals surface area contributed by atoms with Gasteiger partial charge in [-0.05, 0) is 52.5 Å². The third-order valence-corrected chi connectivity index (χ3v) is 8.44. The van der Waals surface area contributed by atoms with Crippen LogP contribution in [0.1, 0.15) is 46.5 Å². The number of nitrogens with zero attached hydrogens (tertiary/aromatic N) is 1. The van der Waals surface area contributed by atoms with Crippen molar-refractivity contribution in [2.45, 2.75) is 87.4 Å². The van der Waals surface area contributed by atoms with Crippen molar-refractivity contribution in [2.75, 3.05) is 26.8 Å². The third kappa shape index (κ3) is 6.05. The van der Waals surface area contributed by atoms with E-state index >= 15 is 0 Å². The number of ether oxygens (including phenoxy) is 1. The lowest BCUT2D eigenvalue weighted by atomic mass is 9.84. The molecule has 0 aliphatic carbocycles. The van der Waals surface area contributed by atoms with E-state index < -0.39 is 11.4 Å². The number of piperidine rings is 1. The maximum Gasteiger partial charge on any atom is 0.238 e. The summed E-state index contributed by atoms with van der Waals surface area (Å²) < 4.78 is 5.50. The second-order valence-corrected chi connectivity index (χ2v) is 10.7. The smallest absolute Gasteiger partial charge is 0.238 e. The van der Waals surface area contributed by atoms with Gasteiger partial charge < -0.3 is 20.7 Å². The first kappa shape index (κ1) is 25.0. The predicted molar refractivity (Wildman–Crippen MR) is 124 cm³/mol. The molecule has 3 saturated heterocycles. The van der Waals surface area contributed by atoms with E-state index in [-0.39, 0.29) is 47.2 Å². The number of amides is 2. The van der Waals surface area contributed by atoms with Crippen molar-refractivity contribution in [3.05, 3.63) is 0 Å². The molecular formula is C22H38Cl2N4O3. The minimum Gasteiger partial charge on any atom is -0.381 e. The molecule has 0 aromatic heterocycles. The highest BCUT2D eigenvalue weighted by molar-refractivity contribution is 6.24. The summed E-state index contributed by atoms with van der Waals surface area (Å²) in [6.07, 6.45) is 3.53. The van der Waals surface area contributed by atoms with Crippen LogP contribution in [0.4, 0.5) is 0 Å². The molecular weight excluding hydrogens is 439 g/mol. The van der Waals surface area contributed by atoms with E-state index in [2.05, 4.69) is 34.8 Å². The Morgan fingerprint density at radius 1 is 1.19 bits per heavy atom. The molecule has 8 atom stereocenters. The molecule has 3 heterocycles. The number of hydrogen-bond donors (Lipinski definition) is 3. The SMILES string of the molecule is CC1CC(C)C(CNC(=O)C2NC(C)C(Cl)CC(N(C)C3CCOCC3)C2Cl)C(=O)N1. The van der Waals surface area contributed by atoms with Crippen LogP contribution >= 0.6 is 23.2 Å². The predicted octanol–water partition coefficient (Wildman–Crippen LogP) is 1.71. The summed E-state index contributed by atoms with van der Waals surface area (Å²) in [4.78, 5) is 27.9. The van der Waals surface area contributed by atoms with Crippen LogP contribution in [-0.4, -0.2) is 84.5 Å². The summed E-state index contributed by atoms with van der Waals surface area (Å²) in [5.41, 5.74) is 0. The number of rotatable bonds is 5. The fraction of sp³-hybridized carbons (Fsp3) is 0.909. The van der Waals surface area contributed by atoms with Gasteiger partial charge in [0.2, 0.25) is 11.8 Å². The zero-order valence-corrected chi connectivity index (χ0v) is 20.6. The lowest BCUT2D eigenvalue weighted by Crippen LogP contribution is -2.58. The van der Waals surface area contributed by atoms with Crippen LogP contribution in [0, 0.1) is 11.8 Å². The molecule has 178 valence electrons. The van der Waals surface area contributed by atoms with Gasteiger partial charge in [-0.3, -0.25) is 14.5 Å². The highest BCUT2D eigenvalue weighted by Crippen LogP contribution is 2.30. The molecule has 0 aromatic carbocycles. The van der Waals surface area contributed by atoms with Gasteiger partial charge in [-0.25, -0.2) is 0 Å². The Kier molecular flexibility index (Phi) is 8.89. The molecule has 0 saturated carbocycles. The summed E-state index contributed by atoms with van der Waals surface area (Å²) in [7, 11) is 2.08. The molecule has 2 amide bonds. The molecule has 3 fully saturated rings. The number of halogens is 2. The zero-order chi connectivity index (χ0) is 22.7. The van der Waals surface area contributed by atoms with Crippen LogP contribution in [0.25, 0.3) is 0 Å². The first-order chi connectivity index (χ1) is 14.7. The van der Waals surface area contributed by atoms with Gasteiger partial charge in [-0.1, -0.05) is 6.92 Å². The molecule has 3 N–H and O–H groups in total. The average molecular weight is 477 g/mol. The lowest BCUT2D eigenvalue weighted by molar-refractivity contribution is -0.130. The summed E-state index contributed by atoms with van der Waals surface area (Å²) in [5.74, 6) is -0.161. The van der Waals surface area contributed by atoms with Crippen molar-refractivity contribution >= 4 is 35.0 Å². The number of alkyl halides is 2. The van der Waals surface area contributed by atoms with Crippen LogP contribution < -0.4 is 16.0 Å². The van der Waals surface area contributed by atoms with Gasteiger partial charge in [0.1, 0.15) is 6.04 Å². The summed E-state index contributed by atoms with van der Waals surface area (Å²) in [6.45, 7) is 7.89. The lowest BCUT2D eigenvalue weighted by Gasteiger charge is -2.40. The summed E-state index contributed by atoms with van der Waals surface area (Å²) in [6, 6.07) is -0.112. The quantitative estimate of drug-likeness (QED) is 0.526. The fourth-order valence-corrected chi connectivity index (χ4v) is 5.97. The first-order valence-electron chi connectivity index (χ1n) is 11.6. The largest absolute Gasteiger partial charge is 0.381 e. The van der Waals surface area contributed by atoms with Crippen LogP contribution in [0.2, 0.25) is 0 Å². The van der Waals surface area contributed by atoms with Crippen LogP contribution in [0.15, 0.2) is 0 Å². The second kappa shape index (κ2) is 11.0. The Labute approximate surface area is 196 Å². The third-order valence-electron chi connectivity index (χ3n) is 7.34. The summed E-state index contributed by atoms with van der Waals surface area (Å²) in [5, 5.41) is 8.78. The van der Waals surface area contributed by atoms with Gasteiger partial charge >= 0.3 is 0 Å². The van der Waals surface area contributed by atoms with Crippen molar-refractivity contribution in [1.29, 1.82) is 0 Å². The standard InChI is InChI=1S/C22H38Cl2N4O3/c1-12-9-13(2)26-21(29)16(12)11-25-22(30)20-19(24)18(10-17(23)14(3)27-20)28(4)15-5-7-31-8-6-15/h12-20,27H,5-11H2,1-4H3,(H,25,30)(H,26,29). The molecule has 9 heteroatoms. The van der Waals surface area contributed by atoms with E-state index in [1.165, 1.54) is 0 Å². The van der Waals surface area contributed by atoms with Gasteiger partial charge in [-0.15, -0.1) is 23.2 Å². The van der Waals surface area contributed by atoms with Crippen LogP contribution in [0.5, 0.6) is 0 Å². The molecule has 3 rings (SSSR count). The van der Waals surface area contributed by atoms with Gasteiger partial charge in [0.15, 0.2) is 0 Å². The molecule has 0 spiro atoms. The Hall–Kier alpha value is -0.600. The topological polar surface area (TPSA) is 82.7 Å². The van der Waals surface area contributed by atoms with E-state index in [4.69, 9.17) is 27.9 Å². The Bertz CT molecular complexity index is 634. The second-order valence-electron chi connectivity index (χ2n) is 9.68. The number of carbonyl (C=O) groups is 2. The molecule has 8 unspecified atom stereocenters. The van der Waals surface area contributed by atoms with Gasteiger partial charge in [-0.2, -0.15) is 0 Å². The van der Waals surface area contributed by atoms with Crippen molar-refractivity contribution in [3.63, 3.8) is 0 Å². The molecule has 0 bridgehead atoms. The maximum atomic E-state index is 13.2. The molecule has 0 aromatic rings. The van der Waals surface area contributed by atoms with Gasteiger partial charge in [0.25, 0.3) is 0 Å². The highest BCUT2D eigenvalue weighted by Gasteiger charge is 2.43. The normalized spacial score (nSPS) is 40.3. The van der Waals surface area contributed by atoms with Crippen LogP contribution in [0.3, 0.4) is 0 Å². The maximum absolute atomic E-state index is 13.2. The van der Waals surface area contributed by atoms with Crippen molar-refractivity contribution in [1.82, 2.24) is 20.9 Å². The fourth-order valence-electron chi connectivity index (χ4n) is 5.24. The minimum atomic E-state index is -0.575. The van der Waals surface area contributed by atoms with Crippen LogP contribution in [-0.2, 0) is 14.3 Å². The van der Waals surface area contributed by atoms with E-state index in [1.54, 1.807) is 0 Å². The monoisotopic (exact) mass is 476 g/mol. The van der Waals surface area contributed by atoms with E-state index in [9.17, 15) is 9.59 Å². The Morgan fingerprint density at radius 2 is 1.87 bits per heavy atom. The zero-order valence-electron chi connectivity index (χ0n) is 19.1. The Balaban J connectivity index is 1.67. The highest BCUT2D eigenvalue weighted by atomic mass is 35.5. The minimum absolute atomic E-state index is 0.00844. The molecule has 7 nitrogen and oxygen atoms in total. The van der Waals surface area contributed by atoms with Crippen molar-refractivity contribution in [2.24, 2.45) is 11.8 Å². The van der Waals surface area contributed by atoms with E-state index in [0.29, 0.717) is 19.0 Å². The van der Waals surface area contributed by atoms with Crippen molar-refractivity contribution in [3.8, 4) is 0 Å². The van der Waals surface area contributed by atoms with Crippen molar-refractivity contribution < 1.29 is 14.3 Å². The molecule has 3 aliphatic heterocycles. The first-order valence-corrected chi connectivity index (χ1v) is 12.5. The molecule has 0 radical (unpaired) electrons. The number of hydrogen-bond acceptors (Lipinski definition) is 5. The number of nitrogens with one attached hydrogen (secondary N) is 3. The number of carbonyl (C=O) groups excluding carboxylic acids is 2. The van der Waals surface area contributed by atoms with E-state index in [1.807, 2.05) is 13.8 Å². The van der Waals surface area contributed by atoms with Gasteiger partial charge in [0, 0.05) is 43.9 Å². The van der Waals surface area contributed by atoms with Gasteiger partial charge in [0.05, 0.1) is 16.7 Å². The molecule has 31 heavy (non-hydrogen) atoms. The average Bonchev–Trinajstić information content (AvgIpc) is 2.84. The molecule has 3 aliphatic rings.